The largest absolute Gasteiger partial charge is 0.363 e. The van der Waals surface area contributed by atoms with Crippen molar-refractivity contribution >= 4 is 52.6 Å². The lowest BCUT2D eigenvalue weighted by atomic mass is 9.80. The van der Waals surface area contributed by atoms with E-state index in [1.807, 2.05) is 31.7 Å². The van der Waals surface area contributed by atoms with Gasteiger partial charge in [-0.25, -0.2) is 4.98 Å². The third kappa shape index (κ3) is 10.1. The number of rotatable bonds is 13. The third-order valence-electron chi connectivity index (χ3n) is 10.7. The van der Waals surface area contributed by atoms with Gasteiger partial charge in [0.2, 0.25) is 23.5 Å². The van der Waals surface area contributed by atoms with Crippen LogP contribution in [0.3, 0.4) is 0 Å². The molecule has 53 heavy (non-hydrogen) atoms. The van der Waals surface area contributed by atoms with E-state index in [2.05, 4.69) is 25.9 Å². The van der Waals surface area contributed by atoms with E-state index in [4.69, 9.17) is 17.3 Å². The second-order valence-electron chi connectivity index (χ2n) is 15.5. The Hall–Kier alpha value is -4.59. The Morgan fingerprint density at radius 3 is 2.28 bits per heavy atom. The number of amides is 5. The molecule has 2 heterocycles. The van der Waals surface area contributed by atoms with Crippen molar-refractivity contribution in [2.24, 2.45) is 23.0 Å². The van der Waals surface area contributed by atoms with Crippen molar-refractivity contribution in [3.8, 4) is 0 Å². The highest BCUT2D eigenvalue weighted by Gasteiger charge is 2.43. The van der Waals surface area contributed by atoms with Gasteiger partial charge in [0.1, 0.15) is 23.8 Å². The fraction of sp³-hybridized carbons (Fsp3) is 0.579. The van der Waals surface area contributed by atoms with Gasteiger partial charge in [-0.3, -0.25) is 33.8 Å². The number of carbonyl (C=O) groups is 6. The molecule has 14 nitrogen and oxygen atoms in total. The molecule has 5 N–H and O–H groups in total. The van der Waals surface area contributed by atoms with Gasteiger partial charge in [-0.2, -0.15) is 0 Å². The first kappa shape index (κ1) is 39.6. The Morgan fingerprint density at radius 2 is 1.68 bits per heavy atom. The molecule has 4 atom stereocenters. The number of halogens is 1. The number of nitrogens with one attached hydrogen (secondary N) is 3. The van der Waals surface area contributed by atoms with Crippen LogP contribution in [-0.2, 0) is 24.0 Å². The number of benzene rings is 1. The molecule has 1 aromatic carbocycles. The second kappa shape index (κ2) is 17.5. The predicted octanol–water partition coefficient (Wildman–Crippen LogP) is 2.79. The minimum Gasteiger partial charge on any atom is -0.363 e. The minimum atomic E-state index is -1.12. The molecule has 3 fully saturated rings. The molecule has 0 spiro atoms. The van der Waals surface area contributed by atoms with Gasteiger partial charge in [-0.15, -0.1) is 0 Å². The zero-order valence-electron chi connectivity index (χ0n) is 30.7. The molecule has 1 saturated heterocycles. The van der Waals surface area contributed by atoms with E-state index in [0.717, 1.165) is 51.4 Å². The van der Waals surface area contributed by atoms with Gasteiger partial charge in [-0.05, 0) is 54.7 Å². The molecular formula is C38H51ClN8O6. The van der Waals surface area contributed by atoms with Crippen LogP contribution in [0.15, 0.2) is 42.9 Å². The molecule has 2 saturated carbocycles. The normalized spacial score (nSPS) is 20.0. The van der Waals surface area contributed by atoms with E-state index >= 15 is 0 Å². The van der Waals surface area contributed by atoms with Crippen LogP contribution in [0.25, 0.3) is 0 Å². The number of nitrogens with zero attached hydrogens (tertiary/aromatic N) is 4. The Labute approximate surface area is 315 Å². The van der Waals surface area contributed by atoms with Crippen molar-refractivity contribution in [1.82, 2.24) is 30.8 Å². The Kier molecular flexibility index (Phi) is 13.1. The Balaban J connectivity index is 1.38. The van der Waals surface area contributed by atoms with E-state index in [0.29, 0.717) is 17.1 Å². The number of primary amides is 1. The van der Waals surface area contributed by atoms with Crippen LogP contribution < -0.4 is 26.6 Å². The van der Waals surface area contributed by atoms with E-state index in [1.54, 1.807) is 23.1 Å². The number of ketones is 1. The van der Waals surface area contributed by atoms with Gasteiger partial charge in [0.15, 0.2) is 0 Å². The SMILES string of the molecule is CC(C)(C)[C@H](NC(=O)[C@@H](NC(=O)c1cnccn1)C1CCCCC1)C(=O)N1CCN(c2cccc(Cl)c2)[C@@H](C(=O)NC(CC2CCC2)C(=O)C(N)=O)C1. The number of carbonyl (C=O) groups excluding carboxylic acids is 6. The van der Waals surface area contributed by atoms with Crippen molar-refractivity contribution in [1.29, 1.82) is 0 Å². The predicted molar refractivity (Wildman–Crippen MR) is 199 cm³/mol. The van der Waals surface area contributed by atoms with Crippen LogP contribution in [0.1, 0.15) is 89.0 Å². The molecule has 0 radical (unpaired) electrons. The average molecular weight is 751 g/mol. The minimum absolute atomic E-state index is 0.0734. The third-order valence-corrected chi connectivity index (χ3v) is 10.9. The number of hydrogen-bond acceptors (Lipinski definition) is 9. The molecular weight excluding hydrogens is 700 g/mol. The second-order valence-corrected chi connectivity index (χ2v) is 16.0. The molecule has 3 aliphatic rings. The maximum Gasteiger partial charge on any atom is 0.287 e. The van der Waals surface area contributed by atoms with Crippen molar-refractivity contribution in [3.63, 3.8) is 0 Å². The van der Waals surface area contributed by atoms with Gasteiger partial charge >= 0.3 is 0 Å². The highest BCUT2D eigenvalue weighted by atomic mass is 35.5. The van der Waals surface area contributed by atoms with Gasteiger partial charge in [0.25, 0.3) is 11.8 Å². The Morgan fingerprint density at radius 1 is 0.943 bits per heavy atom. The maximum atomic E-state index is 14.5. The van der Waals surface area contributed by atoms with Gasteiger partial charge in [0.05, 0.1) is 18.8 Å². The van der Waals surface area contributed by atoms with Crippen LogP contribution >= 0.6 is 11.6 Å². The van der Waals surface area contributed by atoms with E-state index in [9.17, 15) is 28.8 Å². The zero-order valence-corrected chi connectivity index (χ0v) is 31.4. The lowest BCUT2D eigenvalue weighted by molar-refractivity contribution is -0.142. The number of anilines is 1. The standard InChI is InChI=1S/C38H51ClN8O6/c1-38(2,3)32(45-36(52)30(24-11-5-4-6-12-24)44-34(50)28-21-41-15-16-42-28)37(53)46-17-18-47(26-14-8-13-25(39)20-26)29(22-46)35(51)43-27(31(48)33(40)49)19-23-9-7-10-23/h8,13-16,20-21,23-24,27,29-30,32H,4-7,9-12,17-19,22H2,1-3H3,(H2,40,49)(H,43,51)(H,44,50)(H,45,52)/t27?,29-,30+,32-/m1/s1. The molecule has 286 valence electrons. The van der Waals surface area contributed by atoms with Crippen molar-refractivity contribution in [2.75, 3.05) is 24.5 Å². The van der Waals surface area contributed by atoms with Crippen LogP contribution in [-0.4, -0.2) is 94.0 Å². The summed E-state index contributed by atoms with van der Waals surface area (Å²) < 4.78 is 0. The summed E-state index contributed by atoms with van der Waals surface area (Å²) in [5, 5.41) is 9.12. The summed E-state index contributed by atoms with van der Waals surface area (Å²) in [6.45, 7) is 5.92. The Bertz CT molecular complexity index is 1660. The fourth-order valence-corrected chi connectivity index (χ4v) is 7.65. The molecule has 15 heteroatoms. The molecule has 1 unspecified atom stereocenters. The van der Waals surface area contributed by atoms with Gasteiger partial charge < -0.3 is 31.5 Å². The first-order valence-electron chi connectivity index (χ1n) is 18.5. The monoisotopic (exact) mass is 750 g/mol. The summed E-state index contributed by atoms with van der Waals surface area (Å²) in [5.41, 5.74) is 5.35. The highest BCUT2D eigenvalue weighted by Crippen LogP contribution is 2.32. The maximum absolute atomic E-state index is 14.5. The quantitative estimate of drug-likeness (QED) is 0.223. The first-order chi connectivity index (χ1) is 25.2. The summed E-state index contributed by atoms with van der Waals surface area (Å²) in [6.07, 6.45) is 11.7. The summed E-state index contributed by atoms with van der Waals surface area (Å²) in [7, 11) is 0. The molecule has 2 aromatic rings. The average Bonchev–Trinajstić information content (AvgIpc) is 3.12. The highest BCUT2D eigenvalue weighted by molar-refractivity contribution is 6.37. The smallest absolute Gasteiger partial charge is 0.287 e. The van der Waals surface area contributed by atoms with E-state index in [-0.39, 0.29) is 37.2 Å². The number of piperazine rings is 1. The fourth-order valence-electron chi connectivity index (χ4n) is 7.46. The number of hydrogen-bond donors (Lipinski definition) is 4. The van der Waals surface area contributed by atoms with Crippen molar-refractivity contribution < 1.29 is 28.8 Å². The summed E-state index contributed by atoms with van der Waals surface area (Å²) in [4.78, 5) is 92.3. The molecule has 5 rings (SSSR count). The van der Waals surface area contributed by atoms with E-state index in [1.165, 1.54) is 18.6 Å². The van der Waals surface area contributed by atoms with Crippen LogP contribution in [0.4, 0.5) is 5.69 Å². The van der Waals surface area contributed by atoms with E-state index < -0.39 is 64.9 Å². The summed E-state index contributed by atoms with van der Waals surface area (Å²) in [6, 6.07) is 3.03. The lowest BCUT2D eigenvalue weighted by Crippen LogP contribution is -2.66. The molecule has 1 aromatic heterocycles. The molecule has 0 bridgehead atoms. The van der Waals surface area contributed by atoms with Crippen molar-refractivity contribution in [3.05, 3.63) is 53.6 Å². The van der Waals surface area contributed by atoms with Crippen LogP contribution in [0, 0.1) is 17.3 Å². The molecule has 5 amide bonds. The lowest BCUT2D eigenvalue weighted by Gasteiger charge is -2.44. The van der Waals surface area contributed by atoms with Gasteiger partial charge in [0, 0.05) is 36.2 Å². The van der Waals surface area contributed by atoms with Crippen LogP contribution in [0.2, 0.25) is 5.02 Å². The zero-order chi connectivity index (χ0) is 38.3. The molecule has 1 aliphatic heterocycles. The van der Waals surface area contributed by atoms with Crippen molar-refractivity contribution in [2.45, 2.75) is 103 Å². The number of nitrogens with two attached hydrogens (primary N) is 1. The molecule has 2 aliphatic carbocycles. The number of aromatic nitrogens is 2. The van der Waals surface area contributed by atoms with Crippen LogP contribution in [0.5, 0.6) is 0 Å². The van der Waals surface area contributed by atoms with Gasteiger partial charge in [-0.1, -0.05) is 77.0 Å². The summed E-state index contributed by atoms with van der Waals surface area (Å²) in [5.74, 6) is -3.86. The first-order valence-corrected chi connectivity index (χ1v) is 18.9. The topological polar surface area (TPSA) is 197 Å². The summed E-state index contributed by atoms with van der Waals surface area (Å²) >= 11 is 6.34. The number of Topliss-reactive ketones (excluding diaryl/α,β-unsaturated/α-hetero) is 1.